The van der Waals surface area contributed by atoms with E-state index >= 15 is 0 Å². The molecule has 0 saturated carbocycles. The average Bonchev–Trinajstić information content (AvgIpc) is 3.31. The van der Waals surface area contributed by atoms with Crippen LogP contribution in [0.5, 0.6) is 0 Å². The molecule has 3 aromatic rings. The first-order chi connectivity index (χ1) is 13.2. The number of benzene rings is 1. The molecule has 1 saturated heterocycles. The number of guanidine groups is 1. The average molecular weight is 366 g/mol. The van der Waals surface area contributed by atoms with Gasteiger partial charge >= 0.3 is 0 Å². The lowest BCUT2D eigenvalue weighted by Gasteiger charge is -2.34. The zero-order valence-electron chi connectivity index (χ0n) is 15.9. The van der Waals surface area contributed by atoms with Gasteiger partial charge in [-0.2, -0.15) is 5.10 Å². The van der Waals surface area contributed by atoms with E-state index in [2.05, 4.69) is 55.6 Å². The van der Waals surface area contributed by atoms with E-state index in [1.165, 1.54) is 16.6 Å². The van der Waals surface area contributed by atoms with Crippen LogP contribution < -0.4 is 5.32 Å². The summed E-state index contributed by atoms with van der Waals surface area (Å²) >= 11 is 0. The number of aliphatic imine (C=N–C) groups is 1. The fraction of sp³-hybridized carbons (Fsp3) is 0.400. The molecule has 0 radical (unpaired) electrons. The van der Waals surface area contributed by atoms with Crippen LogP contribution in [0.2, 0.25) is 0 Å². The number of aromatic nitrogens is 3. The lowest BCUT2D eigenvalue weighted by Crippen LogP contribution is -2.48. The predicted molar refractivity (Wildman–Crippen MR) is 107 cm³/mol. The quantitative estimate of drug-likeness (QED) is 0.548. The molecule has 1 unspecified atom stereocenters. The van der Waals surface area contributed by atoms with Crippen LogP contribution >= 0.6 is 0 Å². The molecule has 3 heterocycles. The first-order valence-corrected chi connectivity index (χ1v) is 9.35. The maximum Gasteiger partial charge on any atom is 0.193 e. The monoisotopic (exact) mass is 366 g/mol. The summed E-state index contributed by atoms with van der Waals surface area (Å²) in [5.74, 6) is 0.920. The summed E-state index contributed by atoms with van der Waals surface area (Å²) in [6, 6.07) is 10.6. The van der Waals surface area contributed by atoms with Crippen LogP contribution in [0, 0.1) is 0 Å². The third-order valence-corrected chi connectivity index (χ3v) is 4.94. The van der Waals surface area contributed by atoms with Crippen LogP contribution in [-0.4, -0.2) is 58.9 Å². The van der Waals surface area contributed by atoms with Crippen LogP contribution in [0.4, 0.5) is 0 Å². The van der Waals surface area contributed by atoms with Gasteiger partial charge in [-0.05, 0) is 17.5 Å². The summed E-state index contributed by atoms with van der Waals surface area (Å²) in [5.41, 5.74) is 3.52. The Morgan fingerprint density at radius 2 is 2.30 bits per heavy atom. The van der Waals surface area contributed by atoms with E-state index in [0.29, 0.717) is 6.61 Å². The molecular formula is C20H26N6O. The minimum atomic E-state index is 0.0275. The van der Waals surface area contributed by atoms with E-state index in [1.54, 1.807) is 0 Å². The number of rotatable bonds is 4. The highest BCUT2D eigenvalue weighted by Gasteiger charge is 2.25. The van der Waals surface area contributed by atoms with Crippen molar-refractivity contribution in [1.82, 2.24) is 25.0 Å². The number of aryl methyl sites for hydroxylation is 1. The van der Waals surface area contributed by atoms with Gasteiger partial charge in [0.1, 0.15) is 6.10 Å². The number of fused-ring (bicyclic) bond motifs is 1. The van der Waals surface area contributed by atoms with Crippen LogP contribution in [-0.2, 0) is 18.2 Å². The Morgan fingerprint density at radius 3 is 3.07 bits per heavy atom. The molecule has 2 aromatic heterocycles. The Morgan fingerprint density at radius 1 is 1.41 bits per heavy atom. The van der Waals surface area contributed by atoms with Gasteiger partial charge in [-0.15, -0.1) is 0 Å². The highest BCUT2D eigenvalue weighted by atomic mass is 16.5. The maximum absolute atomic E-state index is 5.93. The molecule has 142 valence electrons. The van der Waals surface area contributed by atoms with E-state index in [1.807, 2.05) is 31.2 Å². The van der Waals surface area contributed by atoms with Gasteiger partial charge in [0.2, 0.25) is 0 Å². The van der Waals surface area contributed by atoms with Crippen molar-refractivity contribution in [3.05, 3.63) is 54.0 Å². The maximum atomic E-state index is 5.93. The summed E-state index contributed by atoms with van der Waals surface area (Å²) < 4.78 is 7.74. The molecule has 0 spiro atoms. The molecule has 2 N–H and O–H groups in total. The molecule has 4 rings (SSSR count). The Kier molecular flexibility index (Phi) is 5.11. The topological polar surface area (TPSA) is 70.5 Å². The second-order valence-electron chi connectivity index (χ2n) is 6.86. The van der Waals surface area contributed by atoms with Gasteiger partial charge in [0.05, 0.1) is 19.3 Å². The van der Waals surface area contributed by atoms with Crippen LogP contribution in [0.15, 0.2) is 47.7 Å². The highest BCUT2D eigenvalue weighted by molar-refractivity contribution is 5.81. The molecule has 1 aliphatic heterocycles. The van der Waals surface area contributed by atoms with Crippen LogP contribution in [0.1, 0.15) is 17.4 Å². The Labute approximate surface area is 159 Å². The lowest BCUT2D eigenvalue weighted by molar-refractivity contribution is -0.00801. The Hall–Kier alpha value is -2.80. The zero-order valence-corrected chi connectivity index (χ0v) is 15.9. The van der Waals surface area contributed by atoms with Crippen molar-refractivity contribution in [3.63, 3.8) is 0 Å². The van der Waals surface area contributed by atoms with Gasteiger partial charge < -0.3 is 19.9 Å². The van der Waals surface area contributed by atoms with Crippen molar-refractivity contribution in [2.45, 2.75) is 12.5 Å². The number of hydrogen-bond donors (Lipinski definition) is 2. The molecule has 0 aliphatic carbocycles. The third kappa shape index (κ3) is 3.98. The second kappa shape index (κ2) is 7.84. The summed E-state index contributed by atoms with van der Waals surface area (Å²) in [7, 11) is 3.76. The number of nitrogens with one attached hydrogen (secondary N) is 2. The van der Waals surface area contributed by atoms with Crippen molar-refractivity contribution in [2.75, 3.05) is 33.3 Å². The van der Waals surface area contributed by atoms with Gasteiger partial charge in [-0.1, -0.05) is 18.2 Å². The van der Waals surface area contributed by atoms with E-state index in [9.17, 15) is 0 Å². The molecule has 1 aromatic carbocycles. The van der Waals surface area contributed by atoms with Gasteiger partial charge in [0.25, 0.3) is 0 Å². The molecule has 1 aliphatic rings. The highest BCUT2D eigenvalue weighted by Crippen LogP contribution is 2.21. The van der Waals surface area contributed by atoms with Gasteiger partial charge in [-0.3, -0.25) is 9.67 Å². The van der Waals surface area contributed by atoms with Crippen molar-refractivity contribution >= 4 is 16.9 Å². The molecule has 27 heavy (non-hydrogen) atoms. The fourth-order valence-corrected chi connectivity index (χ4v) is 3.56. The van der Waals surface area contributed by atoms with Gasteiger partial charge in [0, 0.05) is 56.6 Å². The summed E-state index contributed by atoms with van der Waals surface area (Å²) in [5, 5.41) is 8.99. The van der Waals surface area contributed by atoms with E-state index in [-0.39, 0.29) is 6.10 Å². The number of nitrogens with zero attached hydrogens (tertiary/aromatic N) is 4. The minimum absolute atomic E-state index is 0.0275. The largest absolute Gasteiger partial charge is 0.370 e. The standard InChI is InChI=1S/C20H26N6O/c1-21-20(22-8-7-17-11-15-5-3-4-6-18(15)24-17)26-9-10-27-19(14-26)16-12-23-25(2)13-16/h3-6,11-13,19,24H,7-10,14H2,1-2H3,(H,21,22). The van der Waals surface area contributed by atoms with Crippen LogP contribution in [0.3, 0.4) is 0 Å². The molecular weight excluding hydrogens is 340 g/mol. The Bertz CT molecular complexity index is 894. The van der Waals surface area contributed by atoms with Crippen LogP contribution in [0.25, 0.3) is 10.9 Å². The van der Waals surface area contributed by atoms with Crippen molar-refractivity contribution in [3.8, 4) is 0 Å². The van der Waals surface area contributed by atoms with Crippen molar-refractivity contribution in [1.29, 1.82) is 0 Å². The summed E-state index contributed by atoms with van der Waals surface area (Å²) in [4.78, 5) is 10.2. The number of ether oxygens (including phenoxy) is 1. The normalized spacial score (nSPS) is 18.2. The lowest BCUT2D eigenvalue weighted by atomic mass is 10.1. The predicted octanol–water partition coefficient (Wildman–Crippen LogP) is 2.09. The summed E-state index contributed by atoms with van der Waals surface area (Å²) in [6.07, 6.45) is 4.84. The summed E-state index contributed by atoms with van der Waals surface area (Å²) in [6.45, 7) is 3.12. The molecule has 1 atom stereocenters. The van der Waals surface area contributed by atoms with E-state index in [0.717, 1.165) is 37.6 Å². The van der Waals surface area contributed by atoms with Crippen molar-refractivity contribution < 1.29 is 4.74 Å². The molecule has 7 nitrogen and oxygen atoms in total. The molecule has 7 heteroatoms. The SMILES string of the molecule is CN=C(NCCc1cc2ccccc2[nH]1)N1CCOC(c2cnn(C)c2)C1. The molecule has 0 bridgehead atoms. The second-order valence-corrected chi connectivity index (χ2v) is 6.86. The van der Waals surface area contributed by atoms with E-state index < -0.39 is 0 Å². The Balaban J connectivity index is 1.34. The minimum Gasteiger partial charge on any atom is -0.370 e. The number of hydrogen-bond acceptors (Lipinski definition) is 3. The number of H-pyrrole nitrogens is 1. The number of morpholine rings is 1. The first-order valence-electron chi connectivity index (χ1n) is 9.35. The van der Waals surface area contributed by atoms with E-state index in [4.69, 9.17) is 4.74 Å². The first kappa shape index (κ1) is 17.6. The number of aromatic amines is 1. The smallest absolute Gasteiger partial charge is 0.193 e. The van der Waals surface area contributed by atoms with Crippen molar-refractivity contribution in [2.24, 2.45) is 12.0 Å². The van der Waals surface area contributed by atoms with Gasteiger partial charge in [-0.25, -0.2) is 0 Å². The number of para-hydroxylation sites is 1. The molecule has 1 fully saturated rings. The zero-order chi connectivity index (χ0) is 18.6. The third-order valence-electron chi connectivity index (χ3n) is 4.94. The fourth-order valence-electron chi connectivity index (χ4n) is 3.56. The molecule has 0 amide bonds. The van der Waals surface area contributed by atoms with Gasteiger partial charge in [0.15, 0.2) is 5.96 Å².